The zero-order valence-corrected chi connectivity index (χ0v) is 11.2. The van der Waals surface area contributed by atoms with Crippen molar-refractivity contribution in [2.45, 2.75) is 26.8 Å². The van der Waals surface area contributed by atoms with E-state index in [0.717, 1.165) is 19.5 Å². The highest BCUT2D eigenvalue weighted by atomic mass is 14.8. The number of hydrogen-bond donors (Lipinski definition) is 1. The van der Waals surface area contributed by atoms with E-state index < -0.39 is 0 Å². The highest BCUT2D eigenvalue weighted by Crippen LogP contribution is 2.24. The molecule has 0 radical (unpaired) electrons. The van der Waals surface area contributed by atoms with Crippen molar-refractivity contribution in [3.8, 4) is 11.1 Å². The van der Waals surface area contributed by atoms with E-state index in [2.05, 4.69) is 67.7 Å². The molecule has 1 N–H and O–H groups in total. The monoisotopic (exact) mass is 239 g/mol. The van der Waals surface area contributed by atoms with Crippen LogP contribution in [0.25, 0.3) is 11.1 Å². The number of benzene rings is 2. The maximum atomic E-state index is 3.40. The first kappa shape index (κ1) is 12.8. The van der Waals surface area contributed by atoms with E-state index in [-0.39, 0.29) is 0 Å². The molecule has 0 bridgehead atoms. The largest absolute Gasteiger partial charge is 0.313 e. The molecule has 0 saturated carbocycles. The molecule has 0 aliphatic heterocycles. The van der Waals surface area contributed by atoms with Crippen LogP contribution in [0, 0.1) is 0 Å². The van der Waals surface area contributed by atoms with Crippen LogP contribution >= 0.6 is 0 Å². The Balaban J connectivity index is 2.36. The molecule has 0 unspecified atom stereocenters. The standard InChI is InChI=1S/C17H21N/c1-3-14-8-7-10-15(12-14)17-11-6-5-9-16(17)13-18-4-2/h5-12,18H,3-4,13H2,1-2H3. The summed E-state index contributed by atoms with van der Waals surface area (Å²) in [7, 11) is 0. The first-order chi connectivity index (χ1) is 8.85. The van der Waals surface area contributed by atoms with Crippen LogP contribution in [-0.4, -0.2) is 6.54 Å². The minimum Gasteiger partial charge on any atom is -0.313 e. The Hall–Kier alpha value is -1.60. The van der Waals surface area contributed by atoms with E-state index in [9.17, 15) is 0 Å². The summed E-state index contributed by atoms with van der Waals surface area (Å²) in [5.74, 6) is 0. The molecule has 0 aliphatic rings. The minimum absolute atomic E-state index is 0.934. The van der Waals surface area contributed by atoms with Gasteiger partial charge in [-0.1, -0.05) is 62.4 Å². The molecule has 0 spiro atoms. The number of rotatable bonds is 5. The van der Waals surface area contributed by atoms with Crippen molar-refractivity contribution in [1.82, 2.24) is 5.32 Å². The topological polar surface area (TPSA) is 12.0 Å². The van der Waals surface area contributed by atoms with E-state index in [4.69, 9.17) is 0 Å². The maximum absolute atomic E-state index is 3.40. The molecule has 2 aromatic carbocycles. The molecule has 1 nitrogen and oxygen atoms in total. The number of aryl methyl sites for hydroxylation is 1. The highest BCUT2D eigenvalue weighted by molar-refractivity contribution is 5.68. The predicted molar refractivity (Wildman–Crippen MR) is 78.6 cm³/mol. The molecule has 0 aliphatic carbocycles. The smallest absolute Gasteiger partial charge is 0.0211 e. The fourth-order valence-electron chi connectivity index (χ4n) is 2.17. The van der Waals surface area contributed by atoms with Gasteiger partial charge in [0.15, 0.2) is 0 Å². The van der Waals surface area contributed by atoms with E-state index in [1.807, 2.05) is 0 Å². The van der Waals surface area contributed by atoms with Crippen LogP contribution in [0.3, 0.4) is 0 Å². The maximum Gasteiger partial charge on any atom is 0.0211 e. The molecule has 0 heterocycles. The molecule has 2 aromatic rings. The van der Waals surface area contributed by atoms with Gasteiger partial charge in [-0.15, -0.1) is 0 Å². The first-order valence-electron chi connectivity index (χ1n) is 6.73. The summed E-state index contributed by atoms with van der Waals surface area (Å²) < 4.78 is 0. The summed E-state index contributed by atoms with van der Waals surface area (Å²) in [6, 6.07) is 17.5. The minimum atomic E-state index is 0.934. The third kappa shape index (κ3) is 2.99. The van der Waals surface area contributed by atoms with Gasteiger partial charge in [0.05, 0.1) is 0 Å². The molecule has 0 amide bonds. The summed E-state index contributed by atoms with van der Waals surface area (Å²) in [6.45, 7) is 6.27. The van der Waals surface area contributed by atoms with Gasteiger partial charge in [0, 0.05) is 6.54 Å². The average molecular weight is 239 g/mol. The van der Waals surface area contributed by atoms with Crippen molar-refractivity contribution in [1.29, 1.82) is 0 Å². The van der Waals surface area contributed by atoms with Gasteiger partial charge in [0.2, 0.25) is 0 Å². The Morgan fingerprint density at radius 2 is 1.78 bits per heavy atom. The molecule has 94 valence electrons. The Morgan fingerprint density at radius 1 is 0.944 bits per heavy atom. The lowest BCUT2D eigenvalue weighted by Gasteiger charge is -2.11. The second kappa shape index (κ2) is 6.36. The van der Waals surface area contributed by atoms with Crippen LogP contribution in [0.15, 0.2) is 48.5 Å². The fourth-order valence-corrected chi connectivity index (χ4v) is 2.17. The summed E-state index contributed by atoms with van der Waals surface area (Å²) in [5.41, 5.74) is 5.43. The van der Waals surface area contributed by atoms with Crippen molar-refractivity contribution in [2.75, 3.05) is 6.54 Å². The van der Waals surface area contributed by atoms with Gasteiger partial charge in [-0.05, 0) is 35.2 Å². The molecule has 1 heteroatoms. The van der Waals surface area contributed by atoms with Gasteiger partial charge in [0.1, 0.15) is 0 Å². The molecular formula is C17H21N. The van der Waals surface area contributed by atoms with Crippen LogP contribution in [0.2, 0.25) is 0 Å². The molecule has 0 fully saturated rings. The summed E-state index contributed by atoms with van der Waals surface area (Å²) >= 11 is 0. The van der Waals surface area contributed by atoms with Crippen LogP contribution in [-0.2, 0) is 13.0 Å². The quantitative estimate of drug-likeness (QED) is 0.830. The lowest BCUT2D eigenvalue weighted by atomic mass is 9.97. The van der Waals surface area contributed by atoms with Gasteiger partial charge in [-0.2, -0.15) is 0 Å². The van der Waals surface area contributed by atoms with Crippen LogP contribution in [0.5, 0.6) is 0 Å². The fraction of sp³-hybridized carbons (Fsp3) is 0.294. The normalized spacial score (nSPS) is 10.6. The molecule has 0 saturated heterocycles. The molecular weight excluding hydrogens is 218 g/mol. The lowest BCUT2D eigenvalue weighted by Crippen LogP contribution is -2.12. The van der Waals surface area contributed by atoms with Crippen molar-refractivity contribution in [3.63, 3.8) is 0 Å². The Labute approximate surface area is 110 Å². The second-order valence-electron chi connectivity index (χ2n) is 4.49. The van der Waals surface area contributed by atoms with Crippen molar-refractivity contribution in [3.05, 3.63) is 59.7 Å². The molecule has 2 rings (SSSR count). The zero-order valence-electron chi connectivity index (χ0n) is 11.2. The van der Waals surface area contributed by atoms with Crippen LogP contribution < -0.4 is 5.32 Å². The molecule has 0 atom stereocenters. The summed E-state index contributed by atoms with van der Waals surface area (Å²) in [4.78, 5) is 0. The van der Waals surface area contributed by atoms with Gasteiger partial charge in [-0.25, -0.2) is 0 Å². The van der Waals surface area contributed by atoms with Gasteiger partial charge < -0.3 is 5.32 Å². The van der Waals surface area contributed by atoms with E-state index >= 15 is 0 Å². The average Bonchev–Trinajstić information content (AvgIpc) is 2.45. The molecule has 18 heavy (non-hydrogen) atoms. The lowest BCUT2D eigenvalue weighted by molar-refractivity contribution is 0.728. The third-order valence-electron chi connectivity index (χ3n) is 3.23. The Morgan fingerprint density at radius 3 is 2.56 bits per heavy atom. The number of nitrogens with one attached hydrogen (secondary N) is 1. The van der Waals surface area contributed by atoms with Gasteiger partial charge in [-0.3, -0.25) is 0 Å². The second-order valence-corrected chi connectivity index (χ2v) is 4.49. The summed E-state index contributed by atoms with van der Waals surface area (Å²) in [5, 5.41) is 3.40. The highest BCUT2D eigenvalue weighted by Gasteiger charge is 2.04. The van der Waals surface area contributed by atoms with E-state index in [0.29, 0.717) is 0 Å². The zero-order chi connectivity index (χ0) is 12.8. The van der Waals surface area contributed by atoms with Crippen LogP contribution in [0.1, 0.15) is 25.0 Å². The van der Waals surface area contributed by atoms with Crippen LogP contribution in [0.4, 0.5) is 0 Å². The van der Waals surface area contributed by atoms with Gasteiger partial charge >= 0.3 is 0 Å². The van der Waals surface area contributed by atoms with Crippen molar-refractivity contribution >= 4 is 0 Å². The molecule has 0 aromatic heterocycles. The Kier molecular flexibility index (Phi) is 4.54. The third-order valence-corrected chi connectivity index (χ3v) is 3.23. The van der Waals surface area contributed by atoms with Crippen molar-refractivity contribution < 1.29 is 0 Å². The Bertz CT molecular complexity index is 502. The SMILES string of the molecule is CCNCc1ccccc1-c1cccc(CC)c1. The van der Waals surface area contributed by atoms with E-state index in [1.165, 1.54) is 22.3 Å². The summed E-state index contributed by atoms with van der Waals surface area (Å²) in [6.07, 6.45) is 1.09. The predicted octanol–water partition coefficient (Wildman–Crippen LogP) is 4.03. The first-order valence-corrected chi connectivity index (χ1v) is 6.73. The van der Waals surface area contributed by atoms with Gasteiger partial charge in [0.25, 0.3) is 0 Å². The number of hydrogen-bond acceptors (Lipinski definition) is 1. The van der Waals surface area contributed by atoms with E-state index in [1.54, 1.807) is 0 Å². The van der Waals surface area contributed by atoms with Crippen molar-refractivity contribution in [2.24, 2.45) is 0 Å².